The second kappa shape index (κ2) is 5.01. The van der Waals surface area contributed by atoms with Gasteiger partial charge in [0.2, 0.25) is 17.2 Å². The van der Waals surface area contributed by atoms with Crippen LogP contribution in [0.5, 0.6) is 0 Å². The van der Waals surface area contributed by atoms with Gasteiger partial charge >= 0.3 is 0 Å². The van der Waals surface area contributed by atoms with Gasteiger partial charge in [-0.15, -0.1) is 0 Å². The zero-order valence-electron chi connectivity index (χ0n) is 10.6. The van der Waals surface area contributed by atoms with Gasteiger partial charge in [0.05, 0.1) is 0 Å². The van der Waals surface area contributed by atoms with Gasteiger partial charge in [-0.25, -0.2) is 0 Å². The molecule has 2 aromatic rings. The third kappa shape index (κ3) is 2.46. The van der Waals surface area contributed by atoms with Crippen LogP contribution in [-0.4, -0.2) is 28.5 Å². The van der Waals surface area contributed by atoms with Gasteiger partial charge in [-0.1, -0.05) is 24.3 Å². The van der Waals surface area contributed by atoms with Crippen molar-refractivity contribution >= 4 is 23.5 Å². The Labute approximate surface area is 116 Å². The lowest BCUT2D eigenvalue weighted by Crippen LogP contribution is -2.32. The van der Waals surface area contributed by atoms with Crippen LogP contribution in [0.2, 0.25) is 5.28 Å². The number of halogens is 1. The fourth-order valence-electron chi connectivity index (χ4n) is 2.26. The molecule has 5 nitrogen and oxygen atoms in total. The van der Waals surface area contributed by atoms with Gasteiger partial charge in [-0.2, -0.15) is 15.0 Å². The first-order valence-electron chi connectivity index (χ1n) is 6.17. The summed E-state index contributed by atoms with van der Waals surface area (Å²) in [6, 6.07) is 8.45. The molecule has 0 unspecified atom stereocenters. The number of rotatable bonds is 2. The Morgan fingerprint density at radius 1 is 1.16 bits per heavy atom. The van der Waals surface area contributed by atoms with Crippen molar-refractivity contribution in [2.45, 2.75) is 13.0 Å². The fourth-order valence-corrected chi connectivity index (χ4v) is 2.41. The first-order chi connectivity index (χ1) is 9.26. The predicted octanol–water partition coefficient (Wildman–Crippen LogP) is 2.13. The van der Waals surface area contributed by atoms with Crippen LogP contribution in [0.3, 0.4) is 0 Å². The quantitative estimate of drug-likeness (QED) is 0.910. The minimum Gasteiger partial charge on any atom is -0.357 e. The van der Waals surface area contributed by atoms with Crippen molar-refractivity contribution < 1.29 is 0 Å². The van der Waals surface area contributed by atoms with E-state index in [1.165, 1.54) is 11.1 Å². The molecule has 0 saturated carbocycles. The molecule has 0 amide bonds. The lowest BCUT2D eigenvalue weighted by atomic mass is 10.0. The van der Waals surface area contributed by atoms with E-state index >= 15 is 0 Å². The summed E-state index contributed by atoms with van der Waals surface area (Å²) in [6.07, 6.45) is 0.994. The van der Waals surface area contributed by atoms with Gasteiger partial charge in [-0.3, -0.25) is 0 Å². The number of benzene rings is 1. The van der Waals surface area contributed by atoms with E-state index in [4.69, 9.17) is 11.6 Å². The van der Waals surface area contributed by atoms with Crippen molar-refractivity contribution in [3.63, 3.8) is 0 Å². The maximum Gasteiger partial charge on any atom is 0.231 e. The highest BCUT2D eigenvalue weighted by Gasteiger charge is 2.19. The number of anilines is 2. The van der Waals surface area contributed by atoms with Crippen molar-refractivity contribution in [1.82, 2.24) is 15.0 Å². The standard InChI is InChI=1S/C13H14ClN5/c1-15-12-16-11(14)17-13(18-12)19-7-6-9-4-2-3-5-10(9)8-19/h2-5H,6-8H2,1H3,(H,15,16,17,18). The summed E-state index contributed by atoms with van der Waals surface area (Å²) in [4.78, 5) is 14.7. The van der Waals surface area contributed by atoms with Gasteiger partial charge in [0.1, 0.15) is 0 Å². The molecule has 2 heterocycles. The zero-order chi connectivity index (χ0) is 13.2. The Morgan fingerprint density at radius 2 is 1.95 bits per heavy atom. The number of hydrogen-bond donors (Lipinski definition) is 1. The number of hydrogen-bond acceptors (Lipinski definition) is 5. The van der Waals surface area contributed by atoms with Crippen LogP contribution >= 0.6 is 11.6 Å². The second-order valence-electron chi connectivity index (χ2n) is 4.42. The molecule has 0 spiro atoms. The van der Waals surface area contributed by atoms with Crippen LogP contribution in [0.25, 0.3) is 0 Å². The Bertz CT molecular complexity index is 601. The topological polar surface area (TPSA) is 53.9 Å². The number of nitrogens with one attached hydrogen (secondary N) is 1. The molecule has 1 aromatic carbocycles. The molecule has 0 radical (unpaired) electrons. The molecule has 1 N–H and O–H groups in total. The SMILES string of the molecule is CNc1nc(Cl)nc(N2CCc3ccccc3C2)n1. The van der Waals surface area contributed by atoms with E-state index in [1.54, 1.807) is 7.05 Å². The molecule has 98 valence electrons. The van der Waals surface area contributed by atoms with Crippen LogP contribution in [0.15, 0.2) is 24.3 Å². The highest BCUT2D eigenvalue weighted by Crippen LogP contribution is 2.23. The summed E-state index contributed by atoms with van der Waals surface area (Å²) in [5.74, 6) is 1.12. The summed E-state index contributed by atoms with van der Waals surface area (Å²) < 4.78 is 0. The molecule has 0 bridgehead atoms. The molecular weight excluding hydrogens is 262 g/mol. The lowest BCUT2D eigenvalue weighted by molar-refractivity contribution is 0.705. The first-order valence-corrected chi connectivity index (χ1v) is 6.55. The third-order valence-electron chi connectivity index (χ3n) is 3.23. The second-order valence-corrected chi connectivity index (χ2v) is 4.76. The molecule has 1 aliphatic heterocycles. The van der Waals surface area contributed by atoms with Crippen molar-refractivity contribution in [3.8, 4) is 0 Å². The summed E-state index contributed by atoms with van der Waals surface area (Å²) in [5, 5.41) is 3.11. The molecule has 19 heavy (non-hydrogen) atoms. The molecule has 1 aliphatic rings. The third-order valence-corrected chi connectivity index (χ3v) is 3.40. The van der Waals surface area contributed by atoms with E-state index < -0.39 is 0 Å². The van der Waals surface area contributed by atoms with Crippen LogP contribution in [0.1, 0.15) is 11.1 Å². The van der Waals surface area contributed by atoms with E-state index in [2.05, 4.69) is 49.4 Å². The Hall–Kier alpha value is -1.88. The van der Waals surface area contributed by atoms with Crippen molar-refractivity contribution in [2.24, 2.45) is 0 Å². The number of aromatic nitrogens is 3. The van der Waals surface area contributed by atoms with Gasteiger partial charge < -0.3 is 10.2 Å². The van der Waals surface area contributed by atoms with Crippen LogP contribution in [-0.2, 0) is 13.0 Å². The van der Waals surface area contributed by atoms with Crippen molar-refractivity contribution in [1.29, 1.82) is 0 Å². The Morgan fingerprint density at radius 3 is 2.74 bits per heavy atom. The first kappa shape index (κ1) is 12.2. The smallest absolute Gasteiger partial charge is 0.231 e. The van der Waals surface area contributed by atoms with Crippen LogP contribution < -0.4 is 10.2 Å². The molecule has 0 fully saturated rings. The Kier molecular flexibility index (Phi) is 3.21. The number of nitrogens with zero attached hydrogens (tertiary/aromatic N) is 4. The molecule has 0 atom stereocenters. The predicted molar refractivity (Wildman–Crippen MR) is 75.6 cm³/mol. The maximum absolute atomic E-state index is 5.92. The molecular formula is C13H14ClN5. The van der Waals surface area contributed by atoms with Gasteiger partial charge in [0, 0.05) is 20.1 Å². The average Bonchev–Trinajstić information content (AvgIpc) is 2.46. The summed E-state index contributed by atoms with van der Waals surface area (Å²) in [6.45, 7) is 1.69. The van der Waals surface area contributed by atoms with E-state index in [1.807, 2.05) is 0 Å². The number of fused-ring (bicyclic) bond motifs is 1. The van der Waals surface area contributed by atoms with E-state index in [0.717, 1.165) is 19.5 Å². The molecule has 0 aliphatic carbocycles. The Balaban J connectivity index is 1.90. The molecule has 0 saturated heterocycles. The van der Waals surface area contributed by atoms with Crippen LogP contribution in [0.4, 0.5) is 11.9 Å². The monoisotopic (exact) mass is 275 g/mol. The average molecular weight is 276 g/mol. The molecule has 3 rings (SSSR count). The van der Waals surface area contributed by atoms with Gasteiger partial charge in [0.25, 0.3) is 0 Å². The van der Waals surface area contributed by atoms with E-state index in [-0.39, 0.29) is 5.28 Å². The fraction of sp³-hybridized carbons (Fsp3) is 0.308. The molecule has 1 aromatic heterocycles. The van der Waals surface area contributed by atoms with E-state index in [0.29, 0.717) is 11.9 Å². The highest BCUT2D eigenvalue weighted by molar-refractivity contribution is 6.28. The summed E-state index contributed by atoms with van der Waals surface area (Å²) in [7, 11) is 1.76. The van der Waals surface area contributed by atoms with Crippen molar-refractivity contribution in [3.05, 3.63) is 40.7 Å². The molecule has 6 heteroatoms. The normalized spacial score (nSPS) is 14.1. The van der Waals surface area contributed by atoms with Gasteiger partial charge in [0.15, 0.2) is 0 Å². The minimum absolute atomic E-state index is 0.216. The minimum atomic E-state index is 0.216. The largest absolute Gasteiger partial charge is 0.357 e. The highest BCUT2D eigenvalue weighted by atomic mass is 35.5. The maximum atomic E-state index is 5.92. The van der Waals surface area contributed by atoms with Crippen LogP contribution in [0, 0.1) is 0 Å². The zero-order valence-corrected chi connectivity index (χ0v) is 11.4. The summed E-state index contributed by atoms with van der Waals surface area (Å²) in [5.41, 5.74) is 2.71. The summed E-state index contributed by atoms with van der Waals surface area (Å²) >= 11 is 5.92. The van der Waals surface area contributed by atoms with Crippen molar-refractivity contribution in [2.75, 3.05) is 23.8 Å². The van der Waals surface area contributed by atoms with Gasteiger partial charge in [-0.05, 0) is 29.1 Å². The van der Waals surface area contributed by atoms with E-state index in [9.17, 15) is 0 Å². The lowest BCUT2D eigenvalue weighted by Gasteiger charge is -2.28.